The standard InChI is InChI=1S/C16H20N2O2/c1-2-6-14(7-3-1)19-12-5-11-18-10-4-8-16(18)15-9-13-20-17-15/h1-3,6-7,9,13,16H,4-5,8,10-12H2/t16-/m1/s1. The maximum absolute atomic E-state index is 5.73. The zero-order valence-corrected chi connectivity index (χ0v) is 11.6. The van der Waals surface area contributed by atoms with Gasteiger partial charge in [-0.1, -0.05) is 23.4 Å². The molecule has 2 aromatic rings. The molecule has 1 fully saturated rings. The van der Waals surface area contributed by atoms with Crippen LogP contribution in [0.15, 0.2) is 47.2 Å². The van der Waals surface area contributed by atoms with Crippen molar-refractivity contribution in [1.82, 2.24) is 10.1 Å². The van der Waals surface area contributed by atoms with Crippen molar-refractivity contribution in [3.8, 4) is 5.75 Å². The molecule has 1 aliphatic rings. The average Bonchev–Trinajstić information content (AvgIpc) is 3.15. The first kappa shape index (κ1) is 13.2. The van der Waals surface area contributed by atoms with Crippen LogP contribution in [0.5, 0.6) is 5.75 Å². The quantitative estimate of drug-likeness (QED) is 0.756. The fraction of sp³-hybridized carbons (Fsp3) is 0.438. The number of benzene rings is 1. The first-order chi connectivity index (χ1) is 9.93. The Morgan fingerprint density at radius 1 is 1.25 bits per heavy atom. The second-order valence-electron chi connectivity index (χ2n) is 5.13. The van der Waals surface area contributed by atoms with E-state index in [1.807, 2.05) is 36.4 Å². The van der Waals surface area contributed by atoms with Crippen molar-refractivity contribution >= 4 is 0 Å². The molecule has 1 atom stereocenters. The van der Waals surface area contributed by atoms with E-state index in [9.17, 15) is 0 Å². The molecule has 1 aliphatic heterocycles. The predicted molar refractivity (Wildman–Crippen MR) is 76.6 cm³/mol. The number of hydrogen-bond acceptors (Lipinski definition) is 4. The van der Waals surface area contributed by atoms with E-state index in [0.29, 0.717) is 6.04 Å². The number of hydrogen-bond donors (Lipinski definition) is 0. The lowest BCUT2D eigenvalue weighted by molar-refractivity contribution is 0.216. The first-order valence-electron chi connectivity index (χ1n) is 7.25. The molecule has 20 heavy (non-hydrogen) atoms. The largest absolute Gasteiger partial charge is 0.494 e. The summed E-state index contributed by atoms with van der Waals surface area (Å²) in [5, 5.41) is 4.08. The number of rotatable bonds is 6. The number of likely N-dealkylation sites (tertiary alicyclic amines) is 1. The van der Waals surface area contributed by atoms with E-state index in [4.69, 9.17) is 9.26 Å². The van der Waals surface area contributed by atoms with Gasteiger partial charge in [0.05, 0.1) is 12.6 Å². The third kappa shape index (κ3) is 3.20. The smallest absolute Gasteiger partial charge is 0.124 e. The van der Waals surface area contributed by atoms with E-state index in [0.717, 1.165) is 37.6 Å². The summed E-state index contributed by atoms with van der Waals surface area (Å²) in [5.74, 6) is 0.946. The Bertz CT molecular complexity index is 498. The third-order valence-corrected chi connectivity index (χ3v) is 3.76. The van der Waals surface area contributed by atoms with Crippen LogP contribution in [0.2, 0.25) is 0 Å². The molecule has 4 nitrogen and oxygen atoms in total. The molecule has 3 rings (SSSR count). The molecule has 1 saturated heterocycles. The van der Waals surface area contributed by atoms with E-state index in [-0.39, 0.29) is 0 Å². The molecule has 0 bridgehead atoms. The lowest BCUT2D eigenvalue weighted by Gasteiger charge is -2.22. The molecule has 4 heteroatoms. The van der Waals surface area contributed by atoms with Crippen molar-refractivity contribution in [2.75, 3.05) is 19.7 Å². The predicted octanol–water partition coefficient (Wildman–Crippen LogP) is 3.28. The topological polar surface area (TPSA) is 38.5 Å². The van der Waals surface area contributed by atoms with Gasteiger partial charge in [0.1, 0.15) is 17.7 Å². The number of ether oxygens (including phenoxy) is 1. The summed E-state index contributed by atoms with van der Waals surface area (Å²) in [5.41, 5.74) is 1.06. The normalized spacial score (nSPS) is 19.3. The van der Waals surface area contributed by atoms with Crippen LogP contribution < -0.4 is 4.74 Å². The SMILES string of the molecule is c1ccc(OCCCN2CCC[C@@H]2c2ccon2)cc1. The molecule has 0 saturated carbocycles. The molecular weight excluding hydrogens is 252 g/mol. The summed E-state index contributed by atoms with van der Waals surface area (Å²) in [4.78, 5) is 2.48. The van der Waals surface area contributed by atoms with Crippen molar-refractivity contribution in [1.29, 1.82) is 0 Å². The Kier molecular flexibility index (Phi) is 4.33. The minimum atomic E-state index is 0.422. The fourth-order valence-electron chi connectivity index (χ4n) is 2.80. The van der Waals surface area contributed by atoms with Gasteiger partial charge in [-0.15, -0.1) is 0 Å². The minimum absolute atomic E-state index is 0.422. The van der Waals surface area contributed by atoms with Crippen LogP contribution in [0.3, 0.4) is 0 Å². The highest BCUT2D eigenvalue weighted by atomic mass is 16.5. The van der Waals surface area contributed by atoms with E-state index < -0.39 is 0 Å². The van der Waals surface area contributed by atoms with Gasteiger partial charge in [-0.25, -0.2) is 0 Å². The van der Waals surface area contributed by atoms with Gasteiger partial charge in [0.25, 0.3) is 0 Å². The van der Waals surface area contributed by atoms with E-state index in [1.54, 1.807) is 6.26 Å². The highest BCUT2D eigenvalue weighted by Gasteiger charge is 2.27. The van der Waals surface area contributed by atoms with Gasteiger partial charge >= 0.3 is 0 Å². The van der Waals surface area contributed by atoms with E-state index in [1.165, 1.54) is 12.8 Å². The number of aromatic nitrogens is 1. The summed E-state index contributed by atoms with van der Waals surface area (Å²) in [6.45, 7) is 2.94. The molecule has 0 N–H and O–H groups in total. The van der Waals surface area contributed by atoms with Gasteiger partial charge in [0.15, 0.2) is 0 Å². The molecular formula is C16H20N2O2. The minimum Gasteiger partial charge on any atom is -0.494 e. The van der Waals surface area contributed by atoms with Crippen molar-refractivity contribution in [3.05, 3.63) is 48.4 Å². The lowest BCUT2D eigenvalue weighted by atomic mass is 10.1. The summed E-state index contributed by atoms with van der Waals surface area (Å²) in [6.07, 6.45) is 5.09. The Morgan fingerprint density at radius 2 is 2.15 bits per heavy atom. The molecule has 0 unspecified atom stereocenters. The van der Waals surface area contributed by atoms with Crippen molar-refractivity contribution in [2.45, 2.75) is 25.3 Å². The van der Waals surface area contributed by atoms with Crippen LogP contribution in [-0.2, 0) is 0 Å². The molecule has 106 valence electrons. The van der Waals surface area contributed by atoms with Crippen LogP contribution in [0.25, 0.3) is 0 Å². The average molecular weight is 272 g/mol. The maximum atomic E-state index is 5.73. The van der Waals surface area contributed by atoms with Crippen LogP contribution in [0.4, 0.5) is 0 Å². The van der Waals surface area contributed by atoms with Crippen LogP contribution >= 0.6 is 0 Å². The van der Waals surface area contributed by atoms with Gasteiger partial charge < -0.3 is 9.26 Å². The van der Waals surface area contributed by atoms with Crippen molar-refractivity contribution in [3.63, 3.8) is 0 Å². The lowest BCUT2D eigenvalue weighted by Crippen LogP contribution is -2.25. The van der Waals surface area contributed by atoms with Gasteiger partial charge in [0, 0.05) is 12.6 Å². The Labute approximate surface area is 119 Å². The summed E-state index contributed by atoms with van der Waals surface area (Å²) >= 11 is 0. The second-order valence-corrected chi connectivity index (χ2v) is 5.13. The maximum Gasteiger partial charge on any atom is 0.124 e. The summed E-state index contributed by atoms with van der Waals surface area (Å²) in [7, 11) is 0. The monoisotopic (exact) mass is 272 g/mol. The van der Waals surface area contributed by atoms with Gasteiger partial charge in [-0.2, -0.15) is 0 Å². The zero-order chi connectivity index (χ0) is 13.6. The molecule has 0 amide bonds. The number of para-hydroxylation sites is 1. The Balaban J connectivity index is 1.44. The Morgan fingerprint density at radius 3 is 2.95 bits per heavy atom. The Hall–Kier alpha value is -1.81. The summed E-state index contributed by atoms with van der Waals surface area (Å²) in [6, 6.07) is 12.4. The molecule has 0 radical (unpaired) electrons. The fourth-order valence-corrected chi connectivity index (χ4v) is 2.80. The molecule has 0 spiro atoms. The highest BCUT2D eigenvalue weighted by molar-refractivity contribution is 5.20. The molecule has 0 aliphatic carbocycles. The van der Waals surface area contributed by atoms with E-state index in [2.05, 4.69) is 10.1 Å². The van der Waals surface area contributed by atoms with Crippen molar-refractivity contribution < 1.29 is 9.26 Å². The molecule has 1 aromatic carbocycles. The molecule has 1 aromatic heterocycles. The van der Waals surface area contributed by atoms with Crippen LogP contribution in [0.1, 0.15) is 31.0 Å². The second kappa shape index (κ2) is 6.57. The van der Waals surface area contributed by atoms with Gasteiger partial charge in [0.2, 0.25) is 0 Å². The van der Waals surface area contributed by atoms with Gasteiger partial charge in [-0.05, 0) is 37.9 Å². The van der Waals surface area contributed by atoms with Crippen LogP contribution in [0, 0.1) is 0 Å². The van der Waals surface area contributed by atoms with Gasteiger partial charge in [-0.3, -0.25) is 4.90 Å². The van der Waals surface area contributed by atoms with Crippen LogP contribution in [-0.4, -0.2) is 29.8 Å². The highest BCUT2D eigenvalue weighted by Crippen LogP contribution is 2.30. The molecule has 2 heterocycles. The zero-order valence-electron chi connectivity index (χ0n) is 11.6. The van der Waals surface area contributed by atoms with Crippen molar-refractivity contribution in [2.24, 2.45) is 0 Å². The first-order valence-corrected chi connectivity index (χ1v) is 7.25. The third-order valence-electron chi connectivity index (χ3n) is 3.76. The summed E-state index contributed by atoms with van der Waals surface area (Å²) < 4.78 is 10.7. The number of nitrogens with zero attached hydrogens (tertiary/aromatic N) is 2. The van der Waals surface area contributed by atoms with E-state index >= 15 is 0 Å².